The predicted octanol–water partition coefficient (Wildman–Crippen LogP) is 5.33. The van der Waals surface area contributed by atoms with E-state index in [0.29, 0.717) is 5.88 Å². The number of imidazole rings is 1. The lowest BCUT2D eigenvalue weighted by Gasteiger charge is -2.10. The van der Waals surface area contributed by atoms with Crippen molar-refractivity contribution in [3.8, 4) is 5.69 Å². The molecule has 0 radical (unpaired) electrons. The first-order chi connectivity index (χ1) is 9.70. The number of hydrogen-bond acceptors (Lipinski definition) is 1. The summed E-state index contributed by atoms with van der Waals surface area (Å²) in [4.78, 5) is 4.70. The Morgan fingerprint density at radius 1 is 1.10 bits per heavy atom. The van der Waals surface area contributed by atoms with Gasteiger partial charge < -0.3 is 0 Å². The van der Waals surface area contributed by atoms with Crippen LogP contribution in [0.5, 0.6) is 0 Å². The van der Waals surface area contributed by atoms with Gasteiger partial charge in [0.25, 0.3) is 0 Å². The fourth-order valence-electron chi connectivity index (χ4n) is 2.25. The highest BCUT2D eigenvalue weighted by molar-refractivity contribution is 9.10. The molecule has 0 N–H and O–H groups in total. The fraction of sp³-hybridized carbons (Fsp3) is 0.133. The monoisotopic (exact) mass is 412 g/mol. The van der Waals surface area contributed by atoms with Crippen LogP contribution in [-0.2, 0) is 6.42 Å². The fourth-order valence-corrected chi connectivity index (χ4v) is 3.23. The summed E-state index contributed by atoms with van der Waals surface area (Å²) in [5, 5.41) is 0. The normalized spacial score (nSPS) is 11.2. The van der Waals surface area contributed by atoms with Gasteiger partial charge in [-0.25, -0.2) is 4.98 Å². The molecule has 102 valence electrons. The highest BCUT2D eigenvalue weighted by Gasteiger charge is 2.14. The van der Waals surface area contributed by atoms with Gasteiger partial charge >= 0.3 is 0 Å². The molecule has 20 heavy (non-hydrogen) atoms. The van der Waals surface area contributed by atoms with Crippen LogP contribution in [0.15, 0.2) is 51.4 Å². The molecule has 1 aromatic heterocycles. The third kappa shape index (κ3) is 2.52. The van der Waals surface area contributed by atoms with Gasteiger partial charge in [0, 0.05) is 21.2 Å². The predicted molar refractivity (Wildman–Crippen MR) is 90.9 cm³/mol. The van der Waals surface area contributed by atoms with Crippen LogP contribution in [0.2, 0.25) is 0 Å². The van der Waals surface area contributed by atoms with Crippen LogP contribution in [0, 0.1) is 0 Å². The molecule has 0 aliphatic carbocycles. The number of aryl methyl sites for hydroxylation is 1. The Morgan fingerprint density at radius 2 is 1.90 bits per heavy atom. The molecule has 0 aliphatic rings. The molecule has 0 saturated carbocycles. The van der Waals surface area contributed by atoms with Crippen LogP contribution in [-0.4, -0.2) is 15.4 Å². The summed E-state index contributed by atoms with van der Waals surface area (Å²) in [6.07, 6.45) is 0.731. The van der Waals surface area contributed by atoms with E-state index in [9.17, 15) is 0 Å². The number of aromatic nitrogens is 2. The lowest BCUT2D eigenvalue weighted by molar-refractivity contribution is 0.909. The molecule has 0 aliphatic heterocycles. The Morgan fingerprint density at radius 3 is 2.65 bits per heavy atom. The number of fused-ring (bicyclic) bond motifs is 1. The SMILES string of the molecule is ClCCc1nc2ccc(Br)cc2n1-c1ccccc1Br. The molecule has 3 aromatic rings. The summed E-state index contributed by atoms with van der Waals surface area (Å²) in [7, 11) is 0. The van der Waals surface area contributed by atoms with Gasteiger partial charge in [-0.2, -0.15) is 0 Å². The van der Waals surface area contributed by atoms with E-state index < -0.39 is 0 Å². The van der Waals surface area contributed by atoms with Crippen LogP contribution in [0.4, 0.5) is 0 Å². The number of benzene rings is 2. The number of halogens is 3. The smallest absolute Gasteiger partial charge is 0.115 e. The standard InChI is InChI=1S/C15H11Br2ClN2/c16-10-5-6-12-14(9-10)20(15(19-12)7-8-18)13-4-2-1-3-11(13)17/h1-6,9H,7-8H2. The van der Waals surface area contributed by atoms with Gasteiger partial charge in [-0.3, -0.25) is 4.57 Å². The average Bonchev–Trinajstić information content (AvgIpc) is 2.77. The van der Waals surface area contributed by atoms with Crippen molar-refractivity contribution in [2.45, 2.75) is 6.42 Å². The van der Waals surface area contributed by atoms with E-state index in [-0.39, 0.29) is 0 Å². The molecule has 2 nitrogen and oxygen atoms in total. The van der Waals surface area contributed by atoms with Crippen molar-refractivity contribution in [3.05, 3.63) is 57.2 Å². The largest absolute Gasteiger partial charge is 0.295 e. The quantitative estimate of drug-likeness (QED) is 0.530. The summed E-state index contributed by atoms with van der Waals surface area (Å²) in [5.74, 6) is 1.52. The Balaban J connectivity index is 2.34. The van der Waals surface area contributed by atoms with E-state index in [2.05, 4.69) is 48.6 Å². The van der Waals surface area contributed by atoms with Gasteiger partial charge in [0.05, 0.1) is 16.7 Å². The summed E-state index contributed by atoms with van der Waals surface area (Å²) < 4.78 is 4.23. The molecule has 1 heterocycles. The number of para-hydroxylation sites is 1. The van der Waals surface area contributed by atoms with Crippen molar-refractivity contribution in [1.29, 1.82) is 0 Å². The molecule has 0 saturated heterocycles. The maximum atomic E-state index is 5.92. The maximum Gasteiger partial charge on any atom is 0.115 e. The molecule has 0 bridgehead atoms. The molecule has 0 atom stereocenters. The minimum absolute atomic E-state index is 0.551. The summed E-state index contributed by atoms with van der Waals surface area (Å²) >= 11 is 13.1. The van der Waals surface area contributed by atoms with Gasteiger partial charge in [-0.15, -0.1) is 11.6 Å². The van der Waals surface area contributed by atoms with Crippen molar-refractivity contribution >= 4 is 54.5 Å². The molecule has 0 fully saturated rings. The number of rotatable bonds is 3. The lowest BCUT2D eigenvalue weighted by Crippen LogP contribution is -2.02. The van der Waals surface area contributed by atoms with Gasteiger partial charge in [0.2, 0.25) is 0 Å². The van der Waals surface area contributed by atoms with Gasteiger partial charge in [0.1, 0.15) is 5.82 Å². The topological polar surface area (TPSA) is 17.8 Å². The van der Waals surface area contributed by atoms with E-state index in [1.807, 2.05) is 30.3 Å². The number of nitrogens with zero attached hydrogens (tertiary/aromatic N) is 2. The van der Waals surface area contributed by atoms with E-state index >= 15 is 0 Å². The van der Waals surface area contributed by atoms with E-state index in [0.717, 1.165) is 37.9 Å². The van der Waals surface area contributed by atoms with Crippen molar-refractivity contribution in [3.63, 3.8) is 0 Å². The number of alkyl halides is 1. The summed E-state index contributed by atoms with van der Waals surface area (Å²) in [6.45, 7) is 0. The van der Waals surface area contributed by atoms with E-state index in [1.165, 1.54) is 0 Å². The Hall–Kier alpha value is -0.840. The third-order valence-electron chi connectivity index (χ3n) is 3.10. The van der Waals surface area contributed by atoms with Crippen LogP contribution >= 0.6 is 43.5 Å². The highest BCUT2D eigenvalue weighted by atomic mass is 79.9. The second kappa shape index (κ2) is 5.88. The second-order valence-corrected chi connectivity index (χ2v) is 6.53. The first kappa shape index (κ1) is 14.1. The van der Waals surface area contributed by atoms with Crippen LogP contribution in [0.1, 0.15) is 5.82 Å². The zero-order valence-electron chi connectivity index (χ0n) is 10.5. The highest BCUT2D eigenvalue weighted by Crippen LogP contribution is 2.29. The minimum atomic E-state index is 0.551. The zero-order chi connectivity index (χ0) is 14.1. The minimum Gasteiger partial charge on any atom is -0.295 e. The van der Waals surface area contributed by atoms with Crippen LogP contribution in [0.3, 0.4) is 0 Å². The Labute approximate surface area is 139 Å². The zero-order valence-corrected chi connectivity index (χ0v) is 14.4. The van der Waals surface area contributed by atoms with Gasteiger partial charge in [-0.05, 0) is 46.3 Å². The first-order valence-corrected chi connectivity index (χ1v) is 8.30. The molecular formula is C15H11Br2ClN2. The van der Waals surface area contributed by atoms with Crippen molar-refractivity contribution < 1.29 is 0 Å². The van der Waals surface area contributed by atoms with Crippen molar-refractivity contribution in [2.24, 2.45) is 0 Å². The molecule has 3 rings (SSSR count). The Kier molecular flexibility index (Phi) is 4.15. The van der Waals surface area contributed by atoms with Gasteiger partial charge in [-0.1, -0.05) is 28.1 Å². The molecule has 0 amide bonds. The molecule has 5 heteroatoms. The van der Waals surface area contributed by atoms with Crippen molar-refractivity contribution in [2.75, 3.05) is 5.88 Å². The molecule has 0 unspecified atom stereocenters. The average molecular weight is 415 g/mol. The molecule has 2 aromatic carbocycles. The van der Waals surface area contributed by atoms with Crippen LogP contribution < -0.4 is 0 Å². The first-order valence-electron chi connectivity index (χ1n) is 6.18. The lowest BCUT2D eigenvalue weighted by atomic mass is 10.2. The summed E-state index contributed by atoms with van der Waals surface area (Å²) in [6, 6.07) is 14.2. The Bertz CT molecular complexity index is 768. The van der Waals surface area contributed by atoms with E-state index in [4.69, 9.17) is 16.6 Å². The number of hydrogen-bond donors (Lipinski definition) is 0. The second-order valence-electron chi connectivity index (χ2n) is 4.39. The third-order valence-corrected chi connectivity index (χ3v) is 4.45. The van der Waals surface area contributed by atoms with Gasteiger partial charge in [0.15, 0.2) is 0 Å². The van der Waals surface area contributed by atoms with Crippen molar-refractivity contribution in [1.82, 2.24) is 9.55 Å². The van der Waals surface area contributed by atoms with Crippen LogP contribution in [0.25, 0.3) is 16.7 Å². The summed E-state index contributed by atoms with van der Waals surface area (Å²) in [5.41, 5.74) is 3.13. The maximum absolute atomic E-state index is 5.92. The molecule has 0 spiro atoms. The van der Waals surface area contributed by atoms with E-state index in [1.54, 1.807) is 0 Å². The molecular weight excluding hydrogens is 403 g/mol.